The minimum Gasteiger partial charge on any atom is -0.491 e. The lowest BCUT2D eigenvalue weighted by Crippen LogP contribution is -2.26. The van der Waals surface area contributed by atoms with Crippen molar-refractivity contribution >= 4 is 28.9 Å². The molecule has 2 rings (SSSR count). The Balaban J connectivity index is 2.04. The molecule has 1 aromatic carbocycles. The van der Waals surface area contributed by atoms with Crippen LogP contribution in [0.1, 0.15) is 4.88 Å². The highest BCUT2D eigenvalue weighted by molar-refractivity contribution is 7.09. The average Bonchev–Trinajstić information content (AvgIpc) is 2.93. The van der Waals surface area contributed by atoms with Gasteiger partial charge in [0.25, 0.3) is 0 Å². The molecule has 0 unspecified atom stereocenters. The van der Waals surface area contributed by atoms with Crippen LogP contribution < -0.4 is 21.9 Å². The fourth-order valence-electron chi connectivity index (χ4n) is 1.67. The third-order valence-corrected chi connectivity index (χ3v) is 3.47. The summed E-state index contributed by atoms with van der Waals surface area (Å²) in [7, 11) is 0. The van der Waals surface area contributed by atoms with E-state index < -0.39 is 0 Å². The molecule has 6 N–H and O–H groups in total. The Hall–Kier alpha value is -2.54. The van der Waals surface area contributed by atoms with E-state index in [2.05, 4.69) is 16.1 Å². The van der Waals surface area contributed by atoms with Crippen LogP contribution in [0.15, 0.2) is 51.8 Å². The van der Waals surface area contributed by atoms with Crippen LogP contribution >= 0.6 is 11.3 Å². The predicted molar refractivity (Wildman–Crippen MR) is 87.1 cm³/mol. The van der Waals surface area contributed by atoms with E-state index in [1.54, 1.807) is 17.4 Å². The van der Waals surface area contributed by atoms with Crippen molar-refractivity contribution in [2.24, 2.45) is 27.2 Å². The molecule has 2 aromatic rings. The van der Waals surface area contributed by atoms with E-state index in [1.165, 1.54) is 4.88 Å². The molecule has 0 fully saturated rings. The van der Waals surface area contributed by atoms with Gasteiger partial charge in [-0.15, -0.1) is 11.3 Å². The maximum absolute atomic E-state index is 5.75. The molecule has 0 bridgehead atoms. The molecule has 1 aromatic heterocycles. The summed E-state index contributed by atoms with van der Waals surface area (Å²) in [5.41, 5.74) is 16.7. The van der Waals surface area contributed by atoms with Crippen LogP contribution in [-0.2, 0) is 6.42 Å². The van der Waals surface area contributed by atoms with Crippen LogP contribution in [0, 0.1) is 0 Å². The van der Waals surface area contributed by atoms with Crippen LogP contribution in [0.3, 0.4) is 0 Å². The zero-order valence-corrected chi connectivity index (χ0v) is 12.2. The number of rotatable bonds is 5. The quantitative estimate of drug-likeness (QED) is 0.575. The lowest BCUT2D eigenvalue weighted by molar-refractivity contribution is 0.324. The third-order valence-electron chi connectivity index (χ3n) is 2.53. The van der Waals surface area contributed by atoms with Gasteiger partial charge in [-0.1, -0.05) is 18.2 Å². The zero-order chi connectivity index (χ0) is 15.1. The van der Waals surface area contributed by atoms with Crippen molar-refractivity contribution in [2.45, 2.75) is 6.42 Å². The van der Waals surface area contributed by atoms with Crippen molar-refractivity contribution in [1.29, 1.82) is 0 Å². The molecule has 21 heavy (non-hydrogen) atoms. The van der Waals surface area contributed by atoms with Gasteiger partial charge >= 0.3 is 0 Å². The maximum atomic E-state index is 5.75. The van der Waals surface area contributed by atoms with Gasteiger partial charge in [0.05, 0.1) is 6.61 Å². The van der Waals surface area contributed by atoms with E-state index in [0.29, 0.717) is 18.0 Å². The number of nitrogens with zero attached hydrogens (tertiary/aromatic N) is 2. The summed E-state index contributed by atoms with van der Waals surface area (Å²) in [5.74, 6) is 0.499. The first kappa shape index (κ1) is 14.9. The fraction of sp³-hybridized carbons (Fsp3) is 0.143. The van der Waals surface area contributed by atoms with Gasteiger partial charge in [0.1, 0.15) is 11.4 Å². The number of para-hydroxylation sites is 2. The van der Waals surface area contributed by atoms with E-state index in [0.717, 1.165) is 6.42 Å². The first-order valence-electron chi connectivity index (χ1n) is 6.33. The molecule has 0 saturated carbocycles. The average molecular weight is 303 g/mol. The molecular formula is C14H17N5OS. The van der Waals surface area contributed by atoms with Gasteiger partial charge in [-0.3, -0.25) is 0 Å². The van der Waals surface area contributed by atoms with Gasteiger partial charge in [-0.2, -0.15) is 4.99 Å². The summed E-state index contributed by atoms with van der Waals surface area (Å²) in [5, 5.41) is 2.05. The van der Waals surface area contributed by atoms with Crippen LogP contribution in [0.5, 0.6) is 5.75 Å². The number of thiophene rings is 1. The van der Waals surface area contributed by atoms with Crippen molar-refractivity contribution in [1.82, 2.24) is 0 Å². The molecule has 0 aliphatic carbocycles. The topological polar surface area (TPSA) is 112 Å². The van der Waals surface area contributed by atoms with Crippen molar-refractivity contribution in [2.75, 3.05) is 6.61 Å². The smallest absolute Gasteiger partial charge is 0.223 e. The predicted octanol–water partition coefficient (Wildman–Crippen LogP) is 1.59. The third kappa shape index (κ3) is 4.81. The Kier molecular flexibility index (Phi) is 5.16. The van der Waals surface area contributed by atoms with E-state index >= 15 is 0 Å². The number of aliphatic imine (C=N–C) groups is 2. The normalized spacial score (nSPS) is 11.1. The zero-order valence-electron chi connectivity index (χ0n) is 11.4. The molecular weight excluding hydrogens is 286 g/mol. The van der Waals surface area contributed by atoms with E-state index in [4.69, 9.17) is 21.9 Å². The summed E-state index contributed by atoms with van der Waals surface area (Å²) in [6.45, 7) is 0.565. The fourth-order valence-corrected chi connectivity index (χ4v) is 2.36. The maximum Gasteiger partial charge on any atom is 0.223 e. The molecule has 0 saturated heterocycles. The SMILES string of the molecule is NC(N)=NC(N)=Nc1ccccc1OCCc1cccs1. The van der Waals surface area contributed by atoms with Gasteiger partial charge in [-0.05, 0) is 23.6 Å². The lowest BCUT2D eigenvalue weighted by atomic mass is 10.3. The molecule has 0 spiro atoms. The number of nitrogens with two attached hydrogens (primary N) is 3. The highest BCUT2D eigenvalue weighted by atomic mass is 32.1. The second kappa shape index (κ2) is 7.30. The van der Waals surface area contributed by atoms with E-state index in [-0.39, 0.29) is 11.9 Å². The van der Waals surface area contributed by atoms with E-state index in [9.17, 15) is 0 Å². The molecule has 110 valence electrons. The summed E-state index contributed by atoms with van der Waals surface area (Å²) in [4.78, 5) is 9.09. The standard InChI is InChI=1S/C14H17N5OS/c15-13(16)19-14(17)18-11-5-1-2-6-12(11)20-8-7-10-4-3-9-21-10/h1-6,9H,7-8H2,(H6,15,16,17,18,19). The summed E-state index contributed by atoms with van der Waals surface area (Å²) in [6.07, 6.45) is 0.846. The molecule has 0 aliphatic rings. The van der Waals surface area contributed by atoms with Gasteiger partial charge in [0.15, 0.2) is 5.96 Å². The van der Waals surface area contributed by atoms with Crippen LogP contribution in [-0.4, -0.2) is 18.5 Å². The van der Waals surface area contributed by atoms with Crippen molar-refractivity contribution in [3.05, 3.63) is 46.7 Å². The molecule has 0 amide bonds. The van der Waals surface area contributed by atoms with Crippen LogP contribution in [0.25, 0.3) is 0 Å². The van der Waals surface area contributed by atoms with Crippen molar-refractivity contribution < 1.29 is 4.74 Å². The number of ether oxygens (including phenoxy) is 1. The first-order chi connectivity index (χ1) is 10.1. The number of hydrogen-bond acceptors (Lipinski definition) is 3. The molecule has 7 heteroatoms. The second-order valence-electron chi connectivity index (χ2n) is 4.15. The number of guanidine groups is 2. The minimum absolute atomic E-state index is 0.00990. The molecule has 0 radical (unpaired) electrons. The highest BCUT2D eigenvalue weighted by Crippen LogP contribution is 2.27. The van der Waals surface area contributed by atoms with Crippen LogP contribution in [0.2, 0.25) is 0 Å². The molecule has 0 atom stereocenters. The first-order valence-corrected chi connectivity index (χ1v) is 7.21. The Morgan fingerprint density at radius 2 is 1.90 bits per heavy atom. The van der Waals surface area contributed by atoms with Crippen LogP contribution in [0.4, 0.5) is 5.69 Å². The summed E-state index contributed by atoms with van der Waals surface area (Å²) >= 11 is 1.71. The Morgan fingerprint density at radius 1 is 1.10 bits per heavy atom. The highest BCUT2D eigenvalue weighted by Gasteiger charge is 2.03. The van der Waals surface area contributed by atoms with Gasteiger partial charge in [0.2, 0.25) is 5.96 Å². The van der Waals surface area contributed by atoms with Crippen molar-refractivity contribution in [3.8, 4) is 5.75 Å². The minimum atomic E-state index is -0.132. The molecule has 0 aliphatic heterocycles. The van der Waals surface area contributed by atoms with Gasteiger partial charge in [0, 0.05) is 11.3 Å². The second-order valence-corrected chi connectivity index (χ2v) is 5.18. The van der Waals surface area contributed by atoms with Gasteiger partial charge in [-0.25, -0.2) is 4.99 Å². The van der Waals surface area contributed by atoms with Crippen molar-refractivity contribution in [3.63, 3.8) is 0 Å². The Morgan fingerprint density at radius 3 is 2.62 bits per heavy atom. The molecule has 6 nitrogen and oxygen atoms in total. The monoisotopic (exact) mass is 303 g/mol. The Bertz CT molecular complexity index is 633. The molecule has 1 heterocycles. The largest absolute Gasteiger partial charge is 0.491 e. The number of hydrogen-bond donors (Lipinski definition) is 3. The lowest BCUT2D eigenvalue weighted by Gasteiger charge is -2.08. The summed E-state index contributed by atoms with van der Waals surface area (Å²) in [6, 6.07) is 11.4. The number of benzene rings is 1. The summed E-state index contributed by atoms with van der Waals surface area (Å²) < 4.78 is 5.75. The van der Waals surface area contributed by atoms with E-state index in [1.807, 2.05) is 29.6 Å². The van der Waals surface area contributed by atoms with Gasteiger partial charge < -0.3 is 21.9 Å². The Labute approximate surface area is 127 Å².